The first-order valence-corrected chi connectivity index (χ1v) is 6.83. The molecule has 4 rings (SSSR count). The molecular formula is C13H13N5O4. The van der Waals surface area contributed by atoms with Gasteiger partial charge in [0.1, 0.15) is 12.4 Å². The zero-order valence-corrected chi connectivity index (χ0v) is 11.4. The monoisotopic (exact) mass is 303 g/mol. The predicted molar refractivity (Wildman–Crippen MR) is 76.1 cm³/mol. The highest BCUT2D eigenvalue weighted by Crippen LogP contribution is 2.38. The maximum Gasteiger partial charge on any atom is 0.271 e. The molecule has 1 fully saturated rings. The third-order valence-electron chi connectivity index (χ3n) is 3.83. The van der Waals surface area contributed by atoms with E-state index in [0.717, 1.165) is 0 Å². The summed E-state index contributed by atoms with van der Waals surface area (Å²) in [6, 6.07) is 2.96. The zero-order chi connectivity index (χ0) is 15.3. The molecule has 22 heavy (non-hydrogen) atoms. The average Bonchev–Trinajstić information content (AvgIpc) is 3.01. The van der Waals surface area contributed by atoms with Crippen LogP contribution in [-0.4, -0.2) is 50.2 Å². The third kappa shape index (κ3) is 1.90. The maximum atomic E-state index is 11.5. The van der Waals surface area contributed by atoms with Crippen molar-refractivity contribution in [2.24, 2.45) is 0 Å². The zero-order valence-electron chi connectivity index (χ0n) is 11.4. The molecule has 1 saturated heterocycles. The number of hydrazine groups is 1. The van der Waals surface area contributed by atoms with Crippen molar-refractivity contribution in [3.05, 3.63) is 28.8 Å². The molecule has 114 valence electrons. The summed E-state index contributed by atoms with van der Waals surface area (Å²) in [5.74, 6) is 0.527. The summed E-state index contributed by atoms with van der Waals surface area (Å²) in [5.41, 5.74) is 3.65. The lowest BCUT2D eigenvalue weighted by Gasteiger charge is -2.25. The number of hydrogen-bond donors (Lipinski definition) is 3. The van der Waals surface area contributed by atoms with Crippen molar-refractivity contribution >= 4 is 22.5 Å². The number of nitrogens with zero attached hydrogens (tertiary/aromatic N) is 4. The standard InChI is InChI=1S/C13H13N5O4/c19-4-8-7(20)3-10(22-8)18-13-11-6(17-18)1-2-9(21)16-12(11)14-5-15-13/h1-2,5,7-8,10,17,19-20H,3-4H2. The molecule has 0 saturated carbocycles. The van der Waals surface area contributed by atoms with Gasteiger partial charge in [0.15, 0.2) is 17.7 Å². The molecule has 0 radical (unpaired) electrons. The van der Waals surface area contributed by atoms with E-state index in [-0.39, 0.29) is 12.2 Å². The number of aliphatic hydroxyl groups is 2. The minimum absolute atomic E-state index is 0.256. The highest BCUT2D eigenvalue weighted by atomic mass is 16.5. The Morgan fingerprint density at radius 1 is 1.41 bits per heavy atom. The molecule has 2 aromatic heterocycles. The normalized spacial score (nSPS) is 26.5. The van der Waals surface area contributed by atoms with Gasteiger partial charge in [0, 0.05) is 12.5 Å². The van der Waals surface area contributed by atoms with Crippen molar-refractivity contribution in [1.29, 1.82) is 0 Å². The van der Waals surface area contributed by atoms with E-state index < -0.39 is 18.4 Å². The fourth-order valence-corrected chi connectivity index (χ4v) is 2.78. The molecule has 3 atom stereocenters. The Bertz CT molecular complexity index is 801. The second-order valence-electron chi connectivity index (χ2n) is 5.19. The maximum absolute atomic E-state index is 11.5. The van der Waals surface area contributed by atoms with Gasteiger partial charge in [0.05, 0.1) is 23.8 Å². The summed E-state index contributed by atoms with van der Waals surface area (Å²) in [6.45, 7) is -0.256. The van der Waals surface area contributed by atoms with E-state index in [4.69, 9.17) is 4.74 Å². The summed E-state index contributed by atoms with van der Waals surface area (Å²) >= 11 is 0. The lowest BCUT2D eigenvalue weighted by molar-refractivity contribution is -0.0211. The van der Waals surface area contributed by atoms with E-state index in [0.29, 0.717) is 29.0 Å². The number of aromatic nitrogens is 3. The van der Waals surface area contributed by atoms with Crippen molar-refractivity contribution in [3.63, 3.8) is 0 Å². The van der Waals surface area contributed by atoms with E-state index >= 15 is 0 Å². The summed E-state index contributed by atoms with van der Waals surface area (Å²) in [6.07, 6.45) is -0.224. The molecule has 9 heteroatoms. The molecule has 0 amide bonds. The van der Waals surface area contributed by atoms with Crippen molar-refractivity contribution in [2.75, 3.05) is 17.0 Å². The van der Waals surface area contributed by atoms with Gasteiger partial charge in [-0.25, -0.2) is 15.0 Å². The smallest absolute Gasteiger partial charge is 0.271 e. The first-order chi connectivity index (χ1) is 10.7. The van der Waals surface area contributed by atoms with Crippen LogP contribution >= 0.6 is 0 Å². The van der Waals surface area contributed by atoms with Gasteiger partial charge in [-0.2, -0.15) is 4.98 Å². The van der Waals surface area contributed by atoms with Gasteiger partial charge >= 0.3 is 0 Å². The van der Waals surface area contributed by atoms with Crippen LogP contribution in [0.4, 0.5) is 11.5 Å². The lowest BCUT2D eigenvalue weighted by atomic mass is 10.2. The van der Waals surface area contributed by atoms with Gasteiger partial charge in [-0.15, -0.1) is 0 Å². The second-order valence-corrected chi connectivity index (χ2v) is 5.19. The quantitative estimate of drug-likeness (QED) is 0.641. The molecule has 2 aliphatic rings. The average molecular weight is 303 g/mol. The number of rotatable bonds is 2. The number of anilines is 2. The van der Waals surface area contributed by atoms with Gasteiger partial charge in [-0.3, -0.25) is 10.2 Å². The van der Waals surface area contributed by atoms with Gasteiger partial charge < -0.3 is 14.9 Å². The van der Waals surface area contributed by atoms with Crippen molar-refractivity contribution in [2.45, 2.75) is 24.9 Å². The molecule has 0 aromatic carbocycles. The largest absolute Gasteiger partial charge is 0.394 e. The van der Waals surface area contributed by atoms with Crippen LogP contribution in [-0.2, 0) is 4.74 Å². The molecule has 0 bridgehead atoms. The number of ether oxygens (including phenoxy) is 1. The van der Waals surface area contributed by atoms with Crippen LogP contribution in [0, 0.1) is 0 Å². The Morgan fingerprint density at radius 3 is 3.05 bits per heavy atom. The van der Waals surface area contributed by atoms with Gasteiger partial charge in [-0.05, 0) is 6.07 Å². The van der Waals surface area contributed by atoms with E-state index in [1.54, 1.807) is 11.1 Å². The Hall–Kier alpha value is -2.36. The van der Waals surface area contributed by atoms with Crippen molar-refractivity contribution < 1.29 is 14.9 Å². The van der Waals surface area contributed by atoms with Gasteiger partial charge in [-0.1, -0.05) is 0 Å². The van der Waals surface area contributed by atoms with Crippen LogP contribution in [0.25, 0.3) is 11.0 Å². The van der Waals surface area contributed by atoms with E-state index in [9.17, 15) is 15.0 Å². The van der Waals surface area contributed by atoms with Crippen LogP contribution in [0.15, 0.2) is 23.3 Å². The summed E-state index contributed by atoms with van der Waals surface area (Å²) in [5, 5.41) is 21.4. The predicted octanol–water partition coefficient (Wildman–Crippen LogP) is -1.000. The number of hydrogen-bond acceptors (Lipinski definition) is 9. The van der Waals surface area contributed by atoms with E-state index in [1.165, 1.54) is 12.4 Å². The Labute approximate surface area is 124 Å². The first kappa shape index (κ1) is 13.3. The molecule has 9 nitrogen and oxygen atoms in total. The van der Waals surface area contributed by atoms with Gasteiger partial charge in [0.25, 0.3) is 5.56 Å². The van der Waals surface area contributed by atoms with E-state index in [2.05, 4.69) is 20.4 Å². The fraction of sp³-hybridized carbons (Fsp3) is 0.385. The van der Waals surface area contributed by atoms with Crippen LogP contribution in [0.2, 0.25) is 0 Å². The Morgan fingerprint density at radius 2 is 2.27 bits per heavy atom. The fourth-order valence-electron chi connectivity index (χ4n) is 2.78. The van der Waals surface area contributed by atoms with Crippen molar-refractivity contribution in [1.82, 2.24) is 15.0 Å². The summed E-state index contributed by atoms with van der Waals surface area (Å²) in [7, 11) is 0. The minimum Gasteiger partial charge on any atom is -0.394 e. The molecule has 4 heterocycles. The second kappa shape index (κ2) is 4.83. The molecule has 2 aliphatic heterocycles. The molecular weight excluding hydrogens is 290 g/mol. The third-order valence-corrected chi connectivity index (χ3v) is 3.83. The lowest BCUT2D eigenvalue weighted by Crippen LogP contribution is -2.38. The molecule has 3 unspecified atom stereocenters. The molecule has 2 aromatic rings. The number of nitrogens with one attached hydrogen (secondary N) is 1. The van der Waals surface area contributed by atoms with E-state index in [1.807, 2.05) is 0 Å². The molecule has 3 N–H and O–H groups in total. The van der Waals surface area contributed by atoms with Crippen LogP contribution in [0.5, 0.6) is 0 Å². The van der Waals surface area contributed by atoms with Crippen LogP contribution in [0.3, 0.4) is 0 Å². The molecule has 0 spiro atoms. The Balaban J connectivity index is 1.79. The SMILES string of the molecule is O=c1ccc2c3c(ncnc3n1)N(C1CC(O)C(CO)O1)N2. The topological polar surface area (TPSA) is 121 Å². The number of aliphatic hydroxyl groups excluding tert-OH is 2. The highest BCUT2D eigenvalue weighted by molar-refractivity contribution is 6.01. The summed E-state index contributed by atoms with van der Waals surface area (Å²) < 4.78 is 5.64. The van der Waals surface area contributed by atoms with Gasteiger partial charge in [0.2, 0.25) is 0 Å². The van der Waals surface area contributed by atoms with Crippen molar-refractivity contribution in [3.8, 4) is 0 Å². The minimum atomic E-state index is -0.750. The van der Waals surface area contributed by atoms with Crippen LogP contribution in [0.1, 0.15) is 6.42 Å². The Kier molecular flexibility index (Phi) is 2.93. The first-order valence-electron chi connectivity index (χ1n) is 6.83. The molecule has 0 aliphatic carbocycles. The van der Waals surface area contributed by atoms with Crippen LogP contribution < -0.4 is 16.0 Å². The summed E-state index contributed by atoms with van der Waals surface area (Å²) in [4.78, 5) is 23.7. The highest BCUT2D eigenvalue weighted by Gasteiger charge is 2.40.